The molecule has 1 amide bonds. The molecule has 6 nitrogen and oxygen atoms in total. The van der Waals surface area contributed by atoms with Gasteiger partial charge in [-0.15, -0.1) is 0 Å². The molecule has 0 atom stereocenters. The van der Waals surface area contributed by atoms with Gasteiger partial charge < -0.3 is 19.1 Å². The number of carbonyl (C=O) groups excluding carboxylic acids is 1. The van der Waals surface area contributed by atoms with Crippen LogP contribution in [0.3, 0.4) is 0 Å². The van der Waals surface area contributed by atoms with Gasteiger partial charge in [0.1, 0.15) is 0 Å². The van der Waals surface area contributed by atoms with Crippen LogP contribution in [0.2, 0.25) is 0 Å². The van der Waals surface area contributed by atoms with Gasteiger partial charge in [0.2, 0.25) is 0 Å². The van der Waals surface area contributed by atoms with E-state index in [-0.39, 0.29) is 5.92 Å². The first-order chi connectivity index (χ1) is 9.01. The first kappa shape index (κ1) is 18.1. The normalized spacial score (nSPS) is 10.4. The van der Waals surface area contributed by atoms with E-state index in [0.29, 0.717) is 38.0 Å². The lowest BCUT2D eigenvalue weighted by atomic mass is 10.2. The lowest BCUT2D eigenvalue weighted by Gasteiger charge is -2.24. The van der Waals surface area contributed by atoms with Crippen LogP contribution in [0, 0.1) is 5.92 Å². The molecule has 19 heavy (non-hydrogen) atoms. The SMILES string of the molecule is COCCN(CCOC)C(=S)NC(=O)OCC(C)C. The highest BCUT2D eigenvalue weighted by Crippen LogP contribution is 1.95. The quantitative estimate of drug-likeness (QED) is 0.679. The summed E-state index contributed by atoms with van der Waals surface area (Å²) in [5, 5.41) is 2.86. The van der Waals surface area contributed by atoms with Crippen LogP contribution < -0.4 is 5.32 Å². The van der Waals surface area contributed by atoms with Gasteiger partial charge in [-0.3, -0.25) is 5.32 Å². The molecule has 1 N–H and O–H groups in total. The lowest BCUT2D eigenvalue weighted by Crippen LogP contribution is -2.45. The third kappa shape index (κ3) is 9.63. The molecule has 0 aliphatic heterocycles. The minimum Gasteiger partial charge on any atom is -0.449 e. The van der Waals surface area contributed by atoms with Gasteiger partial charge in [-0.05, 0) is 18.1 Å². The van der Waals surface area contributed by atoms with Gasteiger partial charge in [-0.2, -0.15) is 0 Å². The second kappa shape index (κ2) is 11.0. The van der Waals surface area contributed by atoms with Crippen molar-refractivity contribution < 1.29 is 19.0 Å². The average molecular weight is 292 g/mol. The maximum absolute atomic E-state index is 11.5. The maximum atomic E-state index is 11.5. The Bertz CT molecular complexity index is 266. The second-order valence-electron chi connectivity index (χ2n) is 4.40. The summed E-state index contributed by atoms with van der Waals surface area (Å²) in [6, 6.07) is 0. The molecule has 0 fully saturated rings. The molecule has 0 saturated heterocycles. The highest BCUT2D eigenvalue weighted by molar-refractivity contribution is 7.80. The average Bonchev–Trinajstić information content (AvgIpc) is 2.36. The first-order valence-corrected chi connectivity index (χ1v) is 6.62. The van der Waals surface area contributed by atoms with Gasteiger partial charge in [0.25, 0.3) is 0 Å². The van der Waals surface area contributed by atoms with Crippen LogP contribution in [-0.2, 0) is 14.2 Å². The van der Waals surface area contributed by atoms with Gasteiger partial charge in [-0.25, -0.2) is 4.79 Å². The van der Waals surface area contributed by atoms with Gasteiger partial charge in [0.05, 0.1) is 19.8 Å². The number of amides is 1. The molecule has 0 heterocycles. The third-order valence-electron chi connectivity index (χ3n) is 2.17. The fourth-order valence-corrected chi connectivity index (χ4v) is 1.43. The zero-order chi connectivity index (χ0) is 14.7. The van der Waals surface area contributed by atoms with E-state index in [1.165, 1.54) is 0 Å². The standard InChI is InChI=1S/C12H24N2O4S/c1-10(2)9-18-12(15)13-11(19)14(5-7-16-3)6-8-17-4/h10H,5-9H2,1-4H3,(H,13,15,19). The monoisotopic (exact) mass is 292 g/mol. The van der Waals surface area contributed by atoms with E-state index in [1.807, 2.05) is 13.8 Å². The highest BCUT2D eigenvalue weighted by Gasteiger charge is 2.13. The van der Waals surface area contributed by atoms with Gasteiger partial charge in [-0.1, -0.05) is 13.8 Å². The summed E-state index contributed by atoms with van der Waals surface area (Å²) in [6.45, 7) is 6.51. The van der Waals surface area contributed by atoms with Crippen LogP contribution in [0.1, 0.15) is 13.8 Å². The van der Waals surface area contributed by atoms with Crippen LogP contribution >= 0.6 is 12.2 Å². The van der Waals surface area contributed by atoms with Crippen molar-refractivity contribution in [3.63, 3.8) is 0 Å². The molecule has 7 heteroatoms. The summed E-state index contributed by atoms with van der Waals surface area (Å²) in [5.74, 6) is 0.289. The predicted molar refractivity (Wildman–Crippen MR) is 77.2 cm³/mol. The number of methoxy groups -OCH3 is 2. The highest BCUT2D eigenvalue weighted by atomic mass is 32.1. The summed E-state index contributed by atoms with van der Waals surface area (Å²) in [4.78, 5) is 13.3. The molecule has 0 unspecified atom stereocenters. The number of alkyl carbamates (subject to hydrolysis) is 1. The van der Waals surface area contributed by atoms with Crippen molar-refractivity contribution in [3.8, 4) is 0 Å². The molecule has 0 aromatic heterocycles. The largest absolute Gasteiger partial charge is 0.449 e. The predicted octanol–water partition coefficient (Wildman–Crippen LogP) is 1.25. The van der Waals surface area contributed by atoms with E-state index in [4.69, 9.17) is 26.4 Å². The summed E-state index contributed by atoms with van der Waals surface area (Å²) < 4.78 is 15.0. The fourth-order valence-electron chi connectivity index (χ4n) is 1.16. The zero-order valence-corrected chi connectivity index (χ0v) is 12.9. The Morgan fingerprint density at radius 3 is 2.16 bits per heavy atom. The van der Waals surface area contributed by atoms with E-state index < -0.39 is 6.09 Å². The van der Waals surface area contributed by atoms with Crippen LogP contribution in [0.15, 0.2) is 0 Å². The van der Waals surface area contributed by atoms with Crippen molar-refractivity contribution in [2.45, 2.75) is 13.8 Å². The molecule has 0 aromatic carbocycles. The summed E-state index contributed by atoms with van der Waals surface area (Å²) >= 11 is 5.16. The minimum absolute atomic E-state index is 0.289. The minimum atomic E-state index is -0.529. The number of nitrogens with zero attached hydrogens (tertiary/aromatic N) is 1. The molecule has 0 radical (unpaired) electrons. The molecule has 0 aromatic rings. The van der Waals surface area contributed by atoms with E-state index >= 15 is 0 Å². The molecular formula is C12H24N2O4S. The molecule has 112 valence electrons. The van der Waals surface area contributed by atoms with Gasteiger partial charge in [0, 0.05) is 27.3 Å². The van der Waals surface area contributed by atoms with Crippen molar-refractivity contribution in [2.24, 2.45) is 5.92 Å². The number of thiocarbonyl (C=S) groups is 1. The smallest absolute Gasteiger partial charge is 0.413 e. The number of carbonyl (C=O) groups is 1. The molecule has 0 saturated carbocycles. The fraction of sp³-hybridized carbons (Fsp3) is 0.833. The summed E-state index contributed by atoms with van der Waals surface area (Å²) in [6.07, 6.45) is -0.529. The van der Waals surface area contributed by atoms with E-state index in [9.17, 15) is 4.79 Å². The van der Waals surface area contributed by atoms with Crippen LogP contribution in [0.25, 0.3) is 0 Å². The molecule has 0 aliphatic rings. The third-order valence-corrected chi connectivity index (χ3v) is 2.53. The van der Waals surface area contributed by atoms with Gasteiger partial charge >= 0.3 is 6.09 Å². The Hall–Kier alpha value is -0.920. The Morgan fingerprint density at radius 2 is 1.74 bits per heavy atom. The van der Waals surface area contributed by atoms with E-state index in [1.54, 1.807) is 19.1 Å². The van der Waals surface area contributed by atoms with Crippen molar-refractivity contribution in [3.05, 3.63) is 0 Å². The molecule has 0 bridgehead atoms. The van der Waals surface area contributed by atoms with Crippen molar-refractivity contribution >= 4 is 23.4 Å². The number of nitrogens with one attached hydrogen (secondary N) is 1. The van der Waals surface area contributed by atoms with Crippen molar-refractivity contribution in [2.75, 3.05) is 47.1 Å². The Kier molecular flexibility index (Phi) is 10.4. The number of rotatable bonds is 8. The zero-order valence-electron chi connectivity index (χ0n) is 12.1. The van der Waals surface area contributed by atoms with Gasteiger partial charge in [0.15, 0.2) is 5.11 Å². The topological polar surface area (TPSA) is 60.0 Å². The van der Waals surface area contributed by atoms with E-state index in [2.05, 4.69) is 5.32 Å². The molecule has 0 spiro atoms. The second-order valence-corrected chi connectivity index (χ2v) is 4.78. The molecular weight excluding hydrogens is 268 g/mol. The van der Waals surface area contributed by atoms with Crippen molar-refractivity contribution in [1.29, 1.82) is 0 Å². The molecule has 0 aliphatic carbocycles. The number of hydrogen-bond acceptors (Lipinski definition) is 5. The molecule has 0 rings (SSSR count). The lowest BCUT2D eigenvalue weighted by molar-refractivity contribution is 0.132. The van der Waals surface area contributed by atoms with Crippen LogP contribution in [0.4, 0.5) is 4.79 Å². The maximum Gasteiger partial charge on any atom is 0.413 e. The Labute approximate surface area is 120 Å². The first-order valence-electron chi connectivity index (χ1n) is 6.21. The Morgan fingerprint density at radius 1 is 1.21 bits per heavy atom. The number of hydrogen-bond donors (Lipinski definition) is 1. The summed E-state index contributed by atoms with van der Waals surface area (Å²) in [7, 11) is 3.23. The Balaban J connectivity index is 4.17. The van der Waals surface area contributed by atoms with Crippen molar-refractivity contribution in [1.82, 2.24) is 10.2 Å². The van der Waals surface area contributed by atoms with E-state index in [0.717, 1.165) is 0 Å². The van der Waals surface area contributed by atoms with Crippen LogP contribution in [-0.4, -0.2) is 63.2 Å². The van der Waals surface area contributed by atoms with Crippen LogP contribution in [0.5, 0.6) is 0 Å². The number of ether oxygens (including phenoxy) is 3. The summed E-state index contributed by atoms with van der Waals surface area (Å²) in [5.41, 5.74) is 0.